The number of hydrogen-bond donors (Lipinski definition) is 1. The fraction of sp³-hybridized carbons (Fsp3) is 0.400. The molecule has 0 bridgehead atoms. The lowest BCUT2D eigenvalue weighted by Gasteiger charge is -2.08. The van der Waals surface area contributed by atoms with E-state index < -0.39 is 0 Å². The Balaban J connectivity index is 2.56. The highest BCUT2D eigenvalue weighted by Gasteiger charge is 1.98. The SMILES string of the molecule is CSCCOc1ccc(N)cc1C. The molecule has 0 saturated heterocycles. The molecule has 0 aliphatic carbocycles. The van der Waals surface area contributed by atoms with Crippen LogP contribution in [0.3, 0.4) is 0 Å². The molecule has 0 spiro atoms. The van der Waals surface area contributed by atoms with Crippen LogP contribution in [0.5, 0.6) is 5.75 Å². The van der Waals surface area contributed by atoms with Gasteiger partial charge in [0, 0.05) is 11.4 Å². The van der Waals surface area contributed by atoms with Gasteiger partial charge in [-0.3, -0.25) is 0 Å². The molecule has 0 unspecified atom stereocenters. The van der Waals surface area contributed by atoms with Crippen molar-refractivity contribution in [3.63, 3.8) is 0 Å². The number of aryl methyl sites for hydroxylation is 1. The number of ether oxygens (including phenoxy) is 1. The van der Waals surface area contributed by atoms with Gasteiger partial charge in [0.2, 0.25) is 0 Å². The molecule has 0 aromatic heterocycles. The Hall–Kier alpha value is -0.830. The number of thioether (sulfide) groups is 1. The molecule has 0 heterocycles. The summed E-state index contributed by atoms with van der Waals surface area (Å²) in [5.74, 6) is 1.95. The number of benzene rings is 1. The minimum atomic E-state index is 0.756. The first-order valence-corrected chi connectivity index (χ1v) is 5.61. The summed E-state index contributed by atoms with van der Waals surface area (Å²) in [5.41, 5.74) is 7.51. The molecule has 72 valence electrons. The second-order valence-corrected chi connectivity index (χ2v) is 3.85. The maximum atomic E-state index is 5.62. The van der Waals surface area contributed by atoms with E-state index in [2.05, 4.69) is 6.26 Å². The van der Waals surface area contributed by atoms with E-state index in [0.29, 0.717) is 0 Å². The minimum absolute atomic E-state index is 0.756. The Morgan fingerprint density at radius 2 is 2.23 bits per heavy atom. The molecule has 3 heteroatoms. The zero-order chi connectivity index (χ0) is 9.68. The van der Waals surface area contributed by atoms with Crippen molar-refractivity contribution < 1.29 is 4.74 Å². The number of nitrogen functional groups attached to an aromatic ring is 1. The maximum absolute atomic E-state index is 5.62. The normalized spacial score (nSPS) is 10.0. The highest BCUT2D eigenvalue weighted by Crippen LogP contribution is 2.20. The lowest BCUT2D eigenvalue weighted by molar-refractivity contribution is 0.342. The summed E-state index contributed by atoms with van der Waals surface area (Å²) >= 11 is 1.78. The second kappa shape index (κ2) is 5.02. The first-order chi connectivity index (χ1) is 6.24. The van der Waals surface area contributed by atoms with Gasteiger partial charge in [-0.1, -0.05) is 0 Å². The molecule has 0 amide bonds. The van der Waals surface area contributed by atoms with E-state index in [9.17, 15) is 0 Å². The topological polar surface area (TPSA) is 35.2 Å². The van der Waals surface area contributed by atoms with Crippen LogP contribution in [-0.2, 0) is 0 Å². The van der Waals surface area contributed by atoms with Crippen LogP contribution in [0.2, 0.25) is 0 Å². The van der Waals surface area contributed by atoms with Crippen LogP contribution in [-0.4, -0.2) is 18.6 Å². The fourth-order valence-electron chi connectivity index (χ4n) is 1.07. The quantitative estimate of drug-likeness (QED) is 0.594. The Bertz CT molecular complexity index is 276. The molecule has 1 rings (SSSR count). The average Bonchev–Trinajstić information content (AvgIpc) is 2.09. The van der Waals surface area contributed by atoms with Crippen molar-refractivity contribution in [2.75, 3.05) is 24.3 Å². The molecular formula is C10H15NOS. The predicted octanol–water partition coefficient (Wildman–Crippen LogP) is 2.32. The first-order valence-electron chi connectivity index (χ1n) is 4.22. The van der Waals surface area contributed by atoms with Gasteiger partial charge in [0.25, 0.3) is 0 Å². The monoisotopic (exact) mass is 197 g/mol. The second-order valence-electron chi connectivity index (χ2n) is 2.87. The minimum Gasteiger partial charge on any atom is -0.492 e. The molecule has 0 fully saturated rings. The van der Waals surface area contributed by atoms with Gasteiger partial charge in [-0.2, -0.15) is 11.8 Å². The summed E-state index contributed by atoms with van der Waals surface area (Å²) in [6.07, 6.45) is 2.07. The van der Waals surface area contributed by atoms with Gasteiger partial charge in [0.05, 0.1) is 6.61 Å². The molecule has 0 aliphatic heterocycles. The number of hydrogen-bond acceptors (Lipinski definition) is 3. The zero-order valence-corrected chi connectivity index (χ0v) is 8.86. The van der Waals surface area contributed by atoms with Gasteiger partial charge in [-0.05, 0) is 36.9 Å². The molecule has 1 aromatic carbocycles. The fourth-order valence-corrected chi connectivity index (χ4v) is 1.32. The van der Waals surface area contributed by atoms with Gasteiger partial charge in [0.15, 0.2) is 0 Å². The van der Waals surface area contributed by atoms with Crippen molar-refractivity contribution >= 4 is 17.4 Å². The van der Waals surface area contributed by atoms with Crippen LogP contribution in [0.1, 0.15) is 5.56 Å². The third kappa shape index (κ3) is 3.19. The summed E-state index contributed by atoms with van der Waals surface area (Å²) in [6, 6.07) is 5.71. The first kappa shape index (κ1) is 10.3. The highest BCUT2D eigenvalue weighted by molar-refractivity contribution is 7.98. The summed E-state index contributed by atoms with van der Waals surface area (Å²) in [4.78, 5) is 0. The van der Waals surface area contributed by atoms with Crippen LogP contribution < -0.4 is 10.5 Å². The lowest BCUT2D eigenvalue weighted by Crippen LogP contribution is -2.01. The van der Waals surface area contributed by atoms with Gasteiger partial charge in [-0.15, -0.1) is 0 Å². The number of rotatable bonds is 4. The van der Waals surface area contributed by atoms with E-state index in [0.717, 1.165) is 29.4 Å². The predicted molar refractivity (Wildman–Crippen MR) is 59.5 cm³/mol. The van der Waals surface area contributed by atoms with E-state index in [1.54, 1.807) is 11.8 Å². The van der Waals surface area contributed by atoms with E-state index in [-0.39, 0.29) is 0 Å². The van der Waals surface area contributed by atoms with Crippen LogP contribution in [0.15, 0.2) is 18.2 Å². The van der Waals surface area contributed by atoms with Crippen molar-refractivity contribution in [3.8, 4) is 5.75 Å². The number of nitrogens with two attached hydrogens (primary N) is 1. The molecular weight excluding hydrogens is 182 g/mol. The zero-order valence-electron chi connectivity index (χ0n) is 8.04. The van der Waals surface area contributed by atoms with E-state index in [1.807, 2.05) is 25.1 Å². The molecule has 2 N–H and O–H groups in total. The third-order valence-electron chi connectivity index (χ3n) is 1.74. The van der Waals surface area contributed by atoms with Crippen molar-refractivity contribution in [3.05, 3.63) is 23.8 Å². The molecule has 2 nitrogen and oxygen atoms in total. The molecule has 0 aliphatic rings. The Morgan fingerprint density at radius 3 is 2.85 bits per heavy atom. The molecule has 0 atom stereocenters. The van der Waals surface area contributed by atoms with Crippen molar-refractivity contribution in [2.45, 2.75) is 6.92 Å². The van der Waals surface area contributed by atoms with Gasteiger partial charge in [0.1, 0.15) is 5.75 Å². The highest BCUT2D eigenvalue weighted by atomic mass is 32.2. The summed E-state index contributed by atoms with van der Waals surface area (Å²) in [5, 5.41) is 0. The average molecular weight is 197 g/mol. The molecule has 13 heavy (non-hydrogen) atoms. The Kier molecular flexibility index (Phi) is 3.96. The van der Waals surface area contributed by atoms with Gasteiger partial charge >= 0.3 is 0 Å². The maximum Gasteiger partial charge on any atom is 0.122 e. The summed E-state index contributed by atoms with van der Waals surface area (Å²) < 4.78 is 5.56. The molecule has 0 radical (unpaired) electrons. The van der Waals surface area contributed by atoms with Crippen molar-refractivity contribution in [1.82, 2.24) is 0 Å². The standard InChI is InChI=1S/C10H15NOS/c1-8-7-9(11)3-4-10(8)12-5-6-13-2/h3-4,7H,5-6,11H2,1-2H3. The number of anilines is 1. The van der Waals surface area contributed by atoms with E-state index >= 15 is 0 Å². The van der Waals surface area contributed by atoms with Crippen LogP contribution in [0.25, 0.3) is 0 Å². The third-order valence-corrected chi connectivity index (χ3v) is 2.32. The summed E-state index contributed by atoms with van der Waals surface area (Å²) in [7, 11) is 0. The van der Waals surface area contributed by atoms with E-state index in [4.69, 9.17) is 10.5 Å². The summed E-state index contributed by atoms with van der Waals surface area (Å²) in [6.45, 7) is 2.76. The van der Waals surface area contributed by atoms with Gasteiger partial charge in [-0.25, -0.2) is 0 Å². The Labute approximate surface area is 83.5 Å². The molecule has 1 aromatic rings. The van der Waals surface area contributed by atoms with E-state index in [1.165, 1.54) is 0 Å². The van der Waals surface area contributed by atoms with Crippen LogP contribution in [0.4, 0.5) is 5.69 Å². The smallest absolute Gasteiger partial charge is 0.122 e. The van der Waals surface area contributed by atoms with Crippen LogP contribution in [0, 0.1) is 6.92 Å². The molecule has 0 saturated carbocycles. The largest absolute Gasteiger partial charge is 0.492 e. The lowest BCUT2D eigenvalue weighted by atomic mass is 10.2. The Morgan fingerprint density at radius 1 is 1.46 bits per heavy atom. The van der Waals surface area contributed by atoms with Gasteiger partial charge < -0.3 is 10.5 Å². The van der Waals surface area contributed by atoms with Crippen LogP contribution >= 0.6 is 11.8 Å². The van der Waals surface area contributed by atoms with Crippen molar-refractivity contribution in [2.24, 2.45) is 0 Å². The van der Waals surface area contributed by atoms with Crippen molar-refractivity contribution in [1.29, 1.82) is 0 Å².